The van der Waals surface area contributed by atoms with Crippen molar-refractivity contribution in [1.82, 2.24) is 24.9 Å². The number of aryl methyl sites for hydroxylation is 1. The fraction of sp³-hybridized carbons (Fsp3) is 0.440. The molecule has 1 aliphatic rings. The fourth-order valence-corrected chi connectivity index (χ4v) is 4.39. The highest BCUT2D eigenvalue weighted by molar-refractivity contribution is 14.0. The molecule has 0 amide bonds. The monoisotopic (exact) mass is 562 g/mol. The van der Waals surface area contributed by atoms with Gasteiger partial charge in [-0.1, -0.05) is 24.6 Å². The highest BCUT2D eigenvalue weighted by atomic mass is 127. The van der Waals surface area contributed by atoms with Crippen molar-refractivity contribution >= 4 is 35.6 Å². The normalized spacial score (nSPS) is 15.7. The molecule has 4 rings (SSSR count). The van der Waals surface area contributed by atoms with Crippen molar-refractivity contribution in [3.63, 3.8) is 0 Å². The van der Waals surface area contributed by atoms with E-state index in [-0.39, 0.29) is 30.0 Å². The Morgan fingerprint density at radius 3 is 2.52 bits per heavy atom. The summed E-state index contributed by atoms with van der Waals surface area (Å²) in [7, 11) is 3.52. The maximum atomic E-state index is 5.35. The number of hydrogen-bond acceptors (Lipinski definition) is 4. The van der Waals surface area contributed by atoms with E-state index in [0.717, 1.165) is 42.7 Å². The van der Waals surface area contributed by atoms with Gasteiger partial charge in [0.2, 0.25) is 0 Å². The molecule has 1 aromatic carbocycles. The summed E-state index contributed by atoms with van der Waals surface area (Å²) >= 11 is 0. The van der Waals surface area contributed by atoms with E-state index < -0.39 is 0 Å². The van der Waals surface area contributed by atoms with Crippen LogP contribution in [0, 0.1) is 6.92 Å². The molecule has 0 radical (unpaired) electrons. The zero-order valence-electron chi connectivity index (χ0n) is 19.8. The van der Waals surface area contributed by atoms with Crippen LogP contribution >= 0.6 is 24.0 Å². The third-order valence-corrected chi connectivity index (χ3v) is 6.20. The second-order valence-electron chi connectivity index (χ2n) is 8.32. The van der Waals surface area contributed by atoms with Crippen molar-refractivity contribution in [3.05, 3.63) is 65.6 Å². The number of ether oxygens (including phenoxy) is 1. The lowest BCUT2D eigenvalue weighted by molar-refractivity contribution is 0.164. The molecule has 8 heteroatoms. The number of nitrogens with one attached hydrogen (secondary N) is 2. The number of fused-ring (bicyclic) bond motifs is 1. The Labute approximate surface area is 213 Å². The molecular weight excluding hydrogens is 527 g/mol. The Morgan fingerprint density at radius 2 is 1.85 bits per heavy atom. The second kappa shape index (κ2) is 12.2. The Bertz CT molecular complexity index is 1040. The van der Waals surface area contributed by atoms with Gasteiger partial charge in [-0.25, -0.2) is 4.98 Å². The van der Waals surface area contributed by atoms with Gasteiger partial charge in [0.1, 0.15) is 11.4 Å². The van der Waals surface area contributed by atoms with Crippen LogP contribution in [0.1, 0.15) is 42.3 Å². The SMILES string of the molecule is CN=C(NCc1cn2c(C)cccc2n1)NCC(c1ccc(OC)cc1)N1CCCCC1.I. The van der Waals surface area contributed by atoms with Crippen molar-refractivity contribution in [1.29, 1.82) is 0 Å². The number of guanidine groups is 1. The molecule has 2 aromatic heterocycles. The van der Waals surface area contributed by atoms with Crippen molar-refractivity contribution in [2.24, 2.45) is 4.99 Å². The molecule has 2 N–H and O–H groups in total. The molecule has 3 aromatic rings. The van der Waals surface area contributed by atoms with E-state index in [1.807, 2.05) is 31.3 Å². The largest absolute Gasteiger partial charge is 0.497 e. The summed E-state index contributed by atoms with van der Waals surface area (Å²) in [5.41, 5.74) is 4.43. The van der Waals surface area contributed by atoms with Gasteiger partial charge in [-0.3, -0.25) is 9.89 Å². The van der Waals surface area contributed by atoms with Gasteiger partial charge < -0.3 is 19.8 Å². The first-order chi connectivity index (χ1) is 15.7. The first-order valence-electron chi connectivity index (χ1n) is 11.4. The minimum absolute atomic E-state index is 0. The van der Waals surface area contributed by atoms with E-state index in [1.54, 1.807) is 7.11 Å². The number of methoxy groups -OCH3 is 1. The van der Waals surface area contributed by atoms with E-state index in [9.17, 15) is 0 Å². The highest BCUT2D eigenvalue weighted by Crippen LogP contribution is 2.25. The van der Waals surface area contributed by atoms with E-state index in [2.05, 4.69) is 56.2 Å². The predicted octanol–water partition coefficient (Wildman–Crippen LogP) is 4.16. The molecule has 3 heterocycles. The number of rotatable bonds is 7. The Kier molecular flexibility index (Phi) is 9.37. The maximum absolute atomic E-state index is 5.35. The van der Waals surface area contributed by atoms with Gasteiger partial charge >= 0.3 is 0 Å². The number of hydrogen-bond donors (Lipinski definition) is 2. The van der Waals surface area contributed by atoms with Gasteiger partial charge in [0.05, 0.1) is 25.4 Å². The minimum Gasteiger partial charge on any atom is -0.497 e. The van der Waals surface area contributed by atoms with Crippen molar-refractivity contribution in [2.45, 2.75) is 38.8 Å². The third-order valence-electron chi connectivity index (χ3n) is 6.20. The van der Waals surface area contributed by atoms with Gasteiger partial charge in [0, 0.05) is 25.5 Å². The zero-order valence-corrected chi connectivity index (χ0v) is 22.1. The number of nitrogens with zero attached hydrogens (tertiary/aromatic N) is 4. The lowest BCUT2D eigenvalue weighted by Crippen LogP contribution is -2.44. The number of likely N-dealkylation sites (tertiary alicyclic amines) is 1. The number of piperidine rings is 1. The van der Waals surface area contributed by atoms with E-state index in [1.165, 1.54) is 30.5 Å². The number of halogens is 1. The summed E-state index contributed by atoms with van der Waals surface area (Å²) in [6.07, 6.45) is 5.92. The van der Waals surface area contributed by atoms with E-state index in [0.29, 0.717) is 6.54 Å². The zero-order chi connectivity index (χ0) is 22.3. The highest BCUT2D eigenvalue weighted by Gasteiger charge is 2.22. The topological polar surface area (TPSA) is 66.2 Å². The van der Waals surface area contributed by atoms with Gasteiger partial charge in [-0.2, -0.15) is 0 Å². The fourth-order valence-electron chi connectivity index (χ4n) is 4.39. The van der Waals surface area contributed by atoms with Crippen LogP contribution in [0.15, 0.2) is 53.7 Å². The van der Waals surface area contributed by atoms with Crippen LogP contribution in [-0.2, 0) is 6.54 Å². The van der Waals surface area contributed by atoms with Gasteiger partial charge in [-0.05, 0) is 62.7 Å². The Morgan fingerprint density at radius 1 is 1.09 bits per heavy atom. The maximum Gasteiger partial charge on any atom is 0.191 e. The van der Waals surface area contributed by atoms with E-state index in [4.69, 9.17) is 9.72 Å². The van der Waals surface area contributed by atoms with Crippen molar-refractivity contribution < 1.29 is 4.74 Å². The van der Waals surface area contributed by atoms with Crippen LogP contribution in [-0.4, -0.2) is 54.0 Å². The third kappa shape index (κ3) is 6.38. The van der Waals surface area contributed by atoms with Gasteiger partial charge in [0.25, 0.3) is 0 Å². The minimum atomic E-state index is 0. The van der Waals surface area contributed by atoms with Crippen molar-refractivity contribution in [2.75, 3.05) is 33.8 Å². The molecule has 0 spiro atoms. The van der Waals surface area contributed by atoms with Crippen LogP contribution < -0.4 is 15.4 Å². The molecular formula is C25H35IN6O. The average molecular weight is 563 g/mol. The Hall–Kier alpha value is -2.33. The summed E-state index contributed by atoms with van der Waals surface area (Å²) in [5, 5.41) is 6.96. The first-order valence-corrected chi connectivity index (χ1v) is 11.4. The molecule has 1 unspecified atom stereocenters. The average Bonchev–Trinajstić information content (AvgIpc) is 3.27. The summed E-state index contributed by atoms with van der Waals surface area (Å²) in [4.78, 5) is 11.7. The first kappa shape index (κ1) is 25.3. The number of aromatic nitrogens is 2. The van der Waals surface area contributed by atoms with Crippen LogP contribution in [0.5, 0.6) is 5.75 Å². The smallest absolute Gasteiger partial charge is 0.191 e. The Balaban J connectivity index is 0.00000306. The standard InChI is InChI=1S/C25H34N6O.HI/c1-19-8-7-9-24-29-21(18-31(19)24)16-27-25(26-2)28-17-23(30-14-5-4-6-15-30)20-10-12-22(32-3)13-11-20;/h7-13,18,23H,4-6,14-17H2,1-3H3,(H2,26,27,28);1H. The number of aliphatic imine (C=N–C) groups is 1. The molecule has 7 nitrogen and oxygen atoms in total. The van der Waals surface area contributed by atoms with Gasteiger partial charge in [0.15, 0.2) is 5.96 Å². The number of pyridine rings is 1. The van der Waals surface area contributed by atoms with Crippen molar-refractivity contribution in [3.8, 4) is 5.75 Å². The molecule has 1 saturated heterocycles. The molecule has 0 aliphatic carbocycles. The molecule has 178 valence electrons. The molecule has 1 atom stereocenters. The lowest BCUT2D eigenvalue weighted by atomic mass is 10.0. The molecule has 33 heavy (non-hydrogen) atoms. The second-order valence-corrected chi connectivity index (χ2v) is 8.32. The quantitative estimate of drug-likeness (QED) is 0.257. The summed E-state index contributed by atoms with van der Waals surface area (Å²) in [6.45, 7) is 5.76. The lowest BCUT2D eigenvalue weighted by Gasteiger charge is -2.35. The molecule has 0 saturated carbocycles. The number of benzene rings is 1. The molecule has 1 fully saturated rings. The molecule has 0 bridgehead atoms. The predicted molar refractivity (Wildman–Crippen MR) is 145 cm³/mol. The molecule has 1 aliphatic heterocycles. The summed E-state index contributed by atoms with van der Waals surface area (Å²) < 4.78 is 7.46. The number of imidazole rings is 1. The summed E-state index contributed by atoms with van der Waals surface area (Å²) in [5.74, 6) is 1.67. The van der Waals surface area contributed by atoms with E-state index >= 15 is 0 Å². The van der Waals surface area contributed by atoms with Crippen LogP contribution in [0.3, 0.4) is 0 Å². The van der Waals surface area contributed by atoms with Crippen LogP contribution in [0.2, 0.25) is 0 Å². The van der Waals surface area contributed by atoms with Crippen LogP contribution in [0.4, 0.5) is 0 Å². The van der Waals surface area contributed by atoms with Gasteiger partial charge in [-0.15, -0.1) is 24.0 Å². The summed E-state index contributed by atoms with van der Waals surface area (Å²) in [6, 6.07) is 14.9. The van der Waals surface area contributed by atoms with Crippen LogP contribution in [0.25, 0.3) is 5.65 Å².